The molecule has 3 heterocycles. The molecule has 0 spiro atoms. The van der Waals surface area contributed by atoms with Crippen LogP contribution in [0.15, 0.2) is 24.3 Å². The first-order valence-corrected chi connectivity index (χ1v) is 9.11. The van der Waals surface area contributed by atoms with Crippen molar-refractivity contribution in [1.82, 2.24) is 10.2 Å². The summed E-state index contributed by atoms with van der Waals surface area (Å²) in [5.74, 6) is -0.635. The number of nitrogens with one attached hydrogen (secondary N) is 1. The summed E-state index contributed by atoms with van der Waals surface area (Å²) in [7, 11) is 0. The summed E-state index contributed by atoms with van der Waals surface area (Å²) in [6.07, 6.45) is 3.91. The van der Waals surface area contributed by atoms with Gasteiger partial charge in [-0.3, -0.25) is 9.59 Å². The van der Waals surface area contributed by atoms with Gasteiger partial charge in [0.1, 0.15) is 5.92 Å². The van der Waals surface area contributed by atoms with Crippen LogP contribution >= 0.6 is 11.6 Å². The predicted octanol–water partition coefficient (Wildman–Crippen LogP) is 2.05. The molecule has 6 heteroatoms. The summed E-state index contributed by atoms with van der Waals surface area (Å²) in [6.45, 7) is 2.07. The van der Waals surface area contributed by atoms with Crippen molar-refractivity contribution in [3.63, 3.8) is 0 Å². The molecule has 1 aromatic carbocycles. The lowest BCUT2D eigenvalue weighted by Crippen LogP contribution is -2.44. The molecule has 0 aromatic heterocycles. The molecule has 3 saturated heterocycles. The molecule has 0 aliphatic carbocycles. The Balaban J connectivity index is 1.47. The van der Waals surface area contributed by atoms with Gasteiger partial charge in [0, 0.05) is 42.4 Å². The van der Waals surface area contributed by atoms with E-state index < -0.39 is 5.92 Å². The Hall–Kier alpha value is -1.59. The second-order valence-electron chi connectivity index (χ2n) is 7.02. The number of anilines is 1. The smallest absolute Gasteiger partial charge is 0.239 e. The van der Waals surface area contributed by atoms with Crippen molar-refractivity contribution < 1.29 is 9.59 Å². The number of amides is 2. The van der Waals surface area contributed by atoms with Crippen LogP contribution in [-0.4, -0.2) is 48.4 Å². The van der Waals surface area contributed by atoms with Gasteiger partial charge in [-0.2, -0.15) is 0 Å². The topological polar surface area (TPSA) is 52.7 Å². The molecule has 5 nitrogen and oxygen atoms in total. The standard InChI is InChI=1S/C18H22ClN3O2/c19-12-2-1-3-15(10-12)22-9-7-16(18(22)24)17(23)21-8-6-13-4-5-14(11-21)20-13/h1-3,10,13-14,16,20H,4-9,11H2. The molecule has 3 fully saturated rings. The maximum atomic E-state index is 12.9. The van der Waals surface area contributed by atoms with Gasteiger partial charge < -0.3 is 15.1 Å². The number of hydrogen-bond acceptors (Lipinski definition) is 3. The summed E-state index contributed by atoms with van der Waals surface area (Å²) in [4.78, 5) is 29.3. The zero-order valence-corrected chi connectivity index (χ0v) is 14.3. The van der Waals surface area contributed by atoms with E-state index in [1.807, 2.05) is 17.0 Å². The van der Waals surface area contributed by atoms with Gasteiger partial charge in [0.2, 0.25) is 11.8 Å². The van der Waals surface area contributed by atoms with E-state index in [1.165, 1.54) is 6.42 Å². The lowest BCUT2D eigenvalue weighted by atomic mass is 10.0. The van der Waals surface area contributed by atoms with Crippen LogP contribution < -0.4 is 10.2 Å². The van der Waals surface area contributed by atoms with E-state index in [2.05, 4.69) is 5.32 Å². The fourth-order valence-corrected chi connectivity index (χ4v) is 4.36. The van der Waals surface area contributed by atoms with Crippen LogP contribution in [0.4, 0.5) is 5.69 Å². The third kappa shape index (κ3) is 2.91. The highest BCUT2D eigenvalue weighted by atomic mass is 35.5. The second-order valence-corrected chi connectivity index (χ2v) is 7.46. The van der Waals surface area contributed by atoms with Gasteiger partial charge in [0.25, 0.3) is 0 Å². The largest absolute Gasteiger partial charge is 0.340 e. The minimum absolute atomic E-state index is 0.00104. The van der Waals surface area contributed by atoms with Gasteiger partial charge in [-0.15, -0.1) is 0 Å². The fraction of sp³-hybridized carbons (Fsp3) is 0.556. The first kappa shape index (κ1) is 15.9. The van der Waals surface area contributed by atoms with Gasteiger partial charge >= 0.3 is 0 Å². The molecule has 3 atom stereocenters. The molecule has 1 aromatic rings. The lowest BCUT2D eigenvalue weighted by molar-refractivity contribution is -0.140. The van der Waals surface area contributed by atoms with Crippen LogP contribution in [0.25, 0.3) is 0 Å². The first-order valence-electron chi connectivity index (χ1n) is 8.73. The van der Waals surface area contributed by atoms with E-state index >= 15 is 0 Å². The van der Waals surface area contributed by atoms with E-state index in [0.717, 1.165) is 31.6 Å². The molecule has 2 bridgehead atoms. The Labute approximate surface area is 146 Å². The van der Waals surface area contributed by atoms with Crippen LogP contribution in [-0.2, 0) is 9.59 Å². The van der Waals surface area contributed by atoms with Gasteiger partial charge in [-0.05, 0) is 43.9 Å². The summed E-state index contributed by atoms with van der Waals surface area (Å²) in [5, 5.41) is 4.18. The summed E-state index contributed by atoms with van der Waals surface area (Å²) in [5.41, 5.74) is 0.777. The van der Waals surface area contributed by atoms with E-state index in [1.54, 1.807) is 17.0 Å². The van der Waals surface area contributed by atoms with Crippen molar-refractivity contribution in [1.29, 1.82) is 0 Å². The molecule has 3 unspecified atom stereocenters. The third-order valence-corrected chi connectivity index (χ3v) is 5.69. The van der Waals surface area contributed by atoms with E-state index in [4.69, 9.17) is 11.6 Å². The van der Waals surface area contributed by atoms with E-state index in [-0.39, 0.29) is 11.8 Å². The maximum Gasteiger partial charge on any atom is 0.239 e. The Morgan fingerprint density at radius 2 is 1.96 bits per heavy atom. The zero-order chi connectivity index (χ0) is 16.7. The second kappa shape index (κ2) is 6.37. The van der Waals surface area contributed by atoms with Crippen LogP contribution in [0, 0.1) is 5.92 Å². The average Bonchev–Trinajstić information content (AvgIpc) is 3.09. The average molecular weight is 348 g/mol. The van der Waals surface area contributed by atoms with Gasteiger partial charge in [-0.25, -0.2) is 0 Å². The van der Waals surface area contributed by atoms with Crippen LogP contribution in [0.2, 0.25) is 5.02 Å². The SMILES string of the molecule is O=C(C1CCN(c2cccc(Cl)c2)C1=O)N1CCC2CCC(C1)N2. The number of likely N-dealkylation sites (tertiary alicyclic amines) is 1. The Morgan fingerprint density at radius 1 is 1.12 bits per heavy atom. The van der Waals surface area contributed by atoms with Crippen molar-refractivity contribution in [2.45, 2.75) is 37.8 Å². The first-order chi connectivity index (χ1) is 11.6. The molecule has 1 N–H and O–H groups in total. The number of fused-ring (bicyclic) bond motifs is 2. The number of halogens is 1. The summed E-state index contributed by atoms with van der Waals surface area (Å²) < 4.78 is 0. The number of hydrogen-bond donors (Lipinski definition) is 1. The molecule has 128 valence electrons. The molecule has 0 saturated carbocycles. The van der Waals surface area contributed by atoms with E-state index in [0.29, 0.717) is 30.1 Å². The number of nitrogens with zero attached hydrogens (tertiary/aromatic N) is 2. The Morgan fingerprint density at radius 3 is 2.79 bits per heavy atom. The predicted molar refractivity (Wildman–Crippen MR) is 93.1 cm³/mol. The number of rotatable bonds is 2. The summed E-state index contributed by atoms with van der Waals surface area (Å²) >= 11 is 6.03. The fourth-order valence-electron chi connectivity index (χ4n) is 4.17. The van der Waals surface area contributed by atoms with Crippen molar-refractivity contribution in [3.8, 4) is 0 Å². The molecular weight excluding hydrogens is 326 g/mol. The van der Waals surface area contributed by atoms with Crippen LogP contribution in [0.1, 0.15) is 25.7 Å². The number of carbonyl (C=O) groups is 2. The van der Waals surface area contributed by atoms with Gasteiger partial charge in [0.15, 0.2) is 0 Å². The van der Waals surface area contributed by atoms with Crippen molar-refractivity contribution in [3.05, 3.63) is 29.3 Å². The highest BCUT2D eigenvalue weighted by Crippen LogP contribution is 2.29. The highest BCUT2D eigenvalue weighted by molar-refractivity contribution is 6.31. The molecule has 4 rings (SSSR count). The van der Waals surface area contributed by atoms with Gasteiger partial charge in [0.05, 0.1) is 0 Å². The minimum atomic E-state index is -0.541. The monoisotopic (exact) mass is 347 g/mol. The molecular formula is C18H22ClN3O2. The maximum absolute atomic E-state index is 12.9. The molecule has 2 amide bonds. The quantitative estimate of drug-likeness (QED) is 0.833. The normalized spacial score (nSPS) is 29.9. The van der Waals surface area contributed by atoms with E-state index in [9.17, 15) is 9.59 Å². The zero-order valence-electron chi connectivity index (χ0n) is 13.6. The number of carbonyl (C=O) groups excluding carboxylic acids is 2. The van der Waals surface area contributed by atoms with Crippen molar-refractivity contribution in [2.75, 3.05) is 24.5 Å². The lowest BCUT2D eigenvalue weighted by Gasteiger charge is -2.26. The van der Waals surface area contributed by atoms with Crippen molar-refractivity contribution >= 4 is 29.1 Å². The summed E-state index contributed by atoms with van der Waals surface area (Å²) in [6, 6.07) is 8.19. The van der Waals surface area contributed by atoms with Gasteiger partial charge in [-0.1, -0.05) is 17.7 Å². The van der Waals surface area contributed by atoms with Crippen LogP contribution in [0.3, 0.4) is 0 Å². The Bertz CT molecular complexity index is 665. The highest BCUT2D eigenvalue weighted by Gasteiger charge is 2.41. The minimum Gasteiger partial charge on any atom is -0.340 e. The number of benzene rings is 1. The Kier molecular flexibility index (Phi) is 4.22. The molecule has 0 radical (unpaired) electrons. The van der Waals surface area contributed by atoms with Crippen LogP contribution in [0.5, 0.6) is 0 Å². The third-order valence-electron chi connectivity index (χ3n) is 5.46. The molecule has 3 aliphatic rings. The van der Waals surface area contributed by atoms with Crippen molar-refractivity contribution in [2.24, 2.45) is 5.92 Å². The molecule has 24 heavy (non-hydrogen) atoms. The molecule has 3 aliphatic heterocycles.